The van der Waals surface area contributed by atoms with Crippen molar-refractivity contribution in [1.82, 2.24) is 29.8 Å². The zero-order chi connectivity index (χ0) is 12.5. The number of fused-ring (bicyclic) bond motifs is 1. The third-order valence-electron chi connectivity index (χ3n) is 2.57. The van der Waals surface area contributed by atoms with Gasteiger partial charge in [0.15, 0.2) is 5.65 Å². The van der Waals surface area contributed by atoms with Crippen LogP contribution in [0, 0.1) is 0 Å². The Bertz CT molecular complexity index is 711. The second-order valence-electron chi connectivity index (χ2n) is 3.86. The molecule has 1 unspecified atom stereocenters. The Morgan fingerprint density at radius 3 is 3.11 bits per heavy atom. The van der Waals surface area contributed by atoms with Crippen molar-refractivity contribution in [2.75, 3.05) is 5.32 Å². The Morgan fingerprint density at radius 1 is 1.44 bits per heavy atom. The summed E-state index contributed by atoms with van der Waals surface area (Å²) in [4.78, 5) is 18.5. The van der Waals surface area contributed by atoms with E-state index in [0.717, 1.165) is 5.82 Å². The van der Waals surface area contributed by atoms with E-state index in [1.165, 1.54) is 4.52 Å². The van der Waals surface area contributed by atoms with Crippen LogP contribution in [0.15, 0.2) is 29.3 Å². The maximum atomic E-state index is 11.4. The molecule has 8 nitrogen and oxygen atoms in total. The summed E-state index contributed by atoms with van der Waals surface area (Å²) in [6.07, 6.45) is 3.44. The van der Waals surface area contributed by atoms with E-state index >= 15 is 0 Å². The number of imidazole rings is 1. The standard InChI is InChI=1S/C10H11N7O/c1-6(9-11-4-5-12-9)13-7-2-3-8-14-15-10(18)17(8)16-7/h2-6H,1H3,(H,11,12)(H,13,16)(H,15,18). The van der Waals surface area contributed by atoms with Crippen LogP contribution in [0.25, 0.3) is 5.65 Å². The predicted octanol–water partition coefficient (Wildman–Crippen LogP) is 0.314. The van der Waals surface area contributed by atoms with Crippen LogP contribution in [0.1, 0.15) is 18.8 Å². The van der Waals surface area contributed by atoms with Gasteiger partial charge in [-0.2, -0.15) is 9.61 Å². The third kappa shape index (κ3) is 1.73. The van der Waals surface area contributed by atoms with Crippen LogP contribution >= 0.6 is 0 Å². The van der Waals surface area contributed by atoms with Gasteiger partial charge in [-0.15, -0.1) is 5.10 Å². The molecule has 3 rings (SSSR count). The van der Waals surface area contributed by atoms with E-state index in [-0.39, 0.29) is 11.7 Å². The number of aromatic nitrogens is 6. The molecule has 0 spiro atoms. The van der Waals surface area contributed by atoms with Gasteiger partial charge >= 0.3 is 5.69 Å². The first-order valence-corrected chi connectivity index (χ1v) is 5.44. The fourth-order valence-electron chi connectivity index (χ4n) is 1.68. The smallest absolute Gasteiger partial charge is 0.359 e. The maximum Gasteiger partial charge on any atom is 0.364 e. The third-order valence-corrected chi connectivity index (χ3v) is 2.57. The summed E-state index contributed by atoms with van der Waals surface area (Å²) in [7, 11) is 0. The number of hydrogen-bond donors (Lipinski definition) is 3. The van der Waals surface area contributed by atoms with Gasteiger partial charge < -0.3 is 10.3 Å². The van der Waals surface area contributed by atoms with Gasteiger partial charge in [0.05, 0.1) is 6.04 Å². The van der Waals surface area contributed by atoms with Crippen LogP contribution in [-0.2, 0) is 0 Å². The van der Waals surface area contributed by atoms with Crippen molar-refractivity contribution < 1.29 is 0 Å². The highest BCUT2D eigenvalue weighted by atomic mass is 16.2. The van der Waals surface area contributed by atoms with Crippen molar-refractivity contribution in [3.8, 4) is 0 Å². The van der Waals surface area contributed by atoms with E-state index in [1.54, 1.807) is 24.5 Å². The lowest BCUT2D eigenvalue weighted by Crippen LogP contribution is -2.15. The molecule has 0 fully saturated rings. The molecule has 3 aromatic rings. The van der Waals surface area contributed by atoms with Crippen LogP contribution in [0.2, 0.25) is 0 Å². The maximum absolute atomic E-state index is 11.4. The number of rotatable bonds is 3. The molecule has 18 heavy (non-hydrogen) atoms. The van der Waals surface area contributed by atoms with E-state index in [9.17, 15) is 4.79 Å². The molecule has 0 radical (unpaired) electrons. The first-order chi connectivity index (χ1) is 8.74. The highest BCUT2D eigenvalue weighted by molar-refractivity contribution is 5.43. The van der Waals surface area contributed by atoms with Crippen molar-refractivity contribution in [2.24, 2.45) is 0 Å². The van der Waals surface area contributed by atoms with Gasteiger partial charge in [0.25, 0.3) is 0 Å². The van der Waals surface area contributed by atoms with Crippen LogP contribution in [0.5, 0.6) is 0 Å². The number of nitrogens with one attached hydrogen (secondary N) is 3. The van der Waals surface area contributed by atoms with Crippen molar-refractivity contribution in [2.45, 2.75) is 13.0 Å². The normalized spacial score (nSPS) is 12.7. The molecule has 0 saturated carbocycles. The number of hydrogen-bond acceptors (Lipinski definition) is 5. The highest BCUT2D eigenvalue weighted by Gasteiger charge is 2.09. The van der Waals surface area contributed by atoms with Gasteiger partial charge in [-0.1, -0.05) is 0 Å². The molecule has 0 bridgehead atoms. The monoisotopic (exact) mass is 245 g/mol. The van der Waals surface area contributed by atoms with E-state index in [0.29, 0.717) is 11.5 Å². The Morgan fingerprint density at radius 2 is 2.33 bits per heavy atom. The highest BCUT2D eigenvalue weighted by Crippen LogP contribution is 2.13. The van der Waals surface area contributed by atoms with E-state index in [4.69, 9.17) is 0 Å². The summed E-state index contributed by atoms with van der Waals surface area (Å²) in [5, 5.41) is 13.4. The molecule has 8 heteroatoms. The lowest BCUT2D eigenvalue weighted by atomic mass is 10.3. The van der Waals surface area contributed by atoms with E-state index in [1.807, 2.05) is 6.92 Å². The Labute approximate surface area is 101 Å². The summed E-state index contributed by atoms with van der Waals surface area (Å²) in [6, 6.07) is 3.43. The largest absolute Gasteiger partial charge is 0.364 e. The number of nitrogens with zero attached hydrogens (tertiary/aromatic N) is 4. The van der Waals surface area contributed by atoms with Gasteiger partial charge in [0, 0.05) is 12.4 Å². The Hall–Kier alpha value is -2.64. The molecule has 1 atom stereocenters. The van der Waals surface area contributed by atoms with Crippen molar-refractivity contribution in [1.29, 1.82) is 0 Å². The summed E-state index contributed by atoms with van der Waals surface area (Å²) in [5.41, 5.74) is 0.121. The molecular formula is C10H11N7O. The first kappa shape index (κ1) is 10.5. The van der Waals surface area contributed by atoms with Crippen LogP contribution in [-0.4, -0.2) is 29.8 Å². The molecule has 0 aliphatic carbocycles. The fraction of sp³-hybridized carbons (Fsp3) is 0.200. The van der Waals surface area contributed by atoms with Gasteiger partial charge in [-0.3, -0.25) is 0 Å². The lowest BCUT2D eigenvalue weighted by Gasteiger charge is -2.11. The molecule has 3 N–H and O–H groups in total. The second-order valence-corrected chi connectivity index (χ2v) is 3.86. The molecular weight excluding hydrogens is 234 g/mol. The zero-order valence-corrected chi connectivity index (χ0v) is 9.58. The minimum absolute atomic E-state index is 0.0347. The minimum Gasteiger partial charge on any atom is -0.359 e. The number of aromatic amines is 2. The average molecular weight is 245 g/mol. The molecule has 0 aliphatic rings. The van der Waals surface area contributed by atoms with Gasteiger partial charge in [0.1, 0.15) is 11.6 Å². The summed E-state index contributed by atoms with van der Waals surface area (Å²) in [5.74, 6) is 1.38. The number of anilines is 1. The first-order valence-electron chi connectivity index (χ1n) is 5.44. The van der Waals surface area contributed by atoms with Crippen LogP contribution in [0.3, 0.4) is 0 Å². The van der Waals surface area contributed by atoms with Crippen molar-refractivity contribution >= 4 is 11.5 Å². The molecule has 3 heterocycles. The molecule has 92 valence electrons. The zero-order valence-electron chi connectivity index (χ0n) is 9.58. The Balaban J connectivity index is 1.90. The topological polar surface area (TPSA) is 104 Å². The average Bonchev–Trinajstić information content (AvgIpc) is 3.00. The second kappa shape index (κ2) is 3.99. The molecule has 0 saturated heterocycles. The summed E-state index contributed by atoms with van der Waals surface area (Å²) < 4.78 is 1.21. The van der Waals surface area contributed by atoms with Gasteiger partial charge in [-0.25, -0.2) is 14.9 Å². The molecule has 0 amide bonds. The molecule has 0 aliphatic heterocycles. The van der Waals surface area contributed by atoms with Gasteiger partial charge in [0.2, 0.25) is 0 Å². The minimum atomic E-state index is -0.362. The van der Waals surface area contributed by atoms with E-state index < -0.39 is 0 Å². The van der Waals surface area contributed by atoms with Crippen LogP contribution < -0.4 is 11.0 Å². The quantitative estimate of drug-likeness (QED) is 0.616. The fourth-order valence-corrected chi connectivity index (χ4v) is 1.68. The SMILES string of the molecule is CC(Nc1ccc2n[nH]c(=O)n2n1)c1ncc[nH]1. The summed E-state index contributed by atoms with van der Waals surface area (Å²) >= 11 is 0. The number of H-pyrrole nitrogens is 2. The lowest BCUT2D eigenvalue weighted by molar-refractivity contribution is 0.786. The molecule has 0 aromatic carbocycles. The van der Waals surface area contributed by atoms with Crippen molar-refractivity contribution in [3.63, 3.8) is 0 Å². The van der Waals surface area contributed by atoms with Gasteiger partial charge in [-0.05, 0) is 19.1 Å². The van der Waals surface area contributed by atoms with E-state index in [2.05, 4.69) is 30.6 Å². The van der Waals surface area contributed by atoms with Crippen LogP contribution in [0.4, 0.5) is 5.82 Å². The predicted molar refractivity (Wildman–Crippen MR) is 64.2 cm³/mol. The van der Waals surface area contributed by atoms with Crippen molar-refractivity contribution in [3.05, 3.63) is 40.8 Å². The summed E-state index contributed by atoms with van der Waals surface area (Å²) in [6.45, 7) is 1.95. The molecule has 3 aromatic heterocycles. The Kier molecular flexibility index (Phi) is 2.33.